The molecule has 13 heteroatoms. The number of pyridine rings is 1. The van der Waals surface area contributed by atoms with Gasteiger partial charge in [-0.3, -0.25) is 10.1 Å². The van der Waals surface area contributed by atoms with E-state index in [1.54, 1.807) is 0 Å². The molecule has 2 aromatic heterocycles. The third-order valence-electron chi connectivity index (χ3n) is 5.40. The molecule has 3 N–H and O–H groups in total. The molecule has 0 atom stereocenters. The van der Waals surface area contributed by atoms with Crippen LogP contribution >= 0.6 is 11.3 Å². The number of thiazole rings is 1. The Balaban J connectivity index is 1.58. The standard InChI is InChI=1S/C22H19FN4O6S2/c23-13-8-9-15(14(11-13)18(28)12-5-1-2-6-12)25-21(31)27-22-26-17(19(29)30)20(34-22)35(32,33)16-7-3-4-10-24-16/h3-4,7-12H,1-2,5-6H2,(H,29,30)(H2,25,26,27,31). The Kier molecular flexibility index (Phi) is 6.89. The Labute approximate surface area is 203 Å². The van der Waals surface area contributed by atoms with Crippen LogP contribution in [0.5, 0.6) is 0 Å². The molecule has 10 nitrogen and oxygen atoms in total. The second-order valence-corrected chi connectivity index (χ2v) is 10.8. The van der Waals surface area contributed by atoms with E-state index in [0.29, 0.717) is 24.2 Å². The number of nitrogens with zero attached hydrogens (tertiary/aromatic N) is 2. The number of hydrogen-bond donors (Lipinski definition) is 3. The van der Waals surface area contributed by atoms with Gasteiger partial charge in [-0.25, -0.2) is 32.4 Å². The molecule has 4 rings (SSSR count). The number of benzene rings is 1. The quantitative estimate of drug-likeness (QED) is 0.393. The van der Waals surface area contributed by atoms with Gasteiger partial charge >= 0.3 is 12.0 Å². The number of urea groups is 1. The first kappa shape index (κ1) is 24.4. The lowest BCUT2D eigenvalue weighted by Crippen LogP contribution is -2.22. The van der Waals surface area contributed by atoms with Crippen LogP contribution in [0, 0.1) is 11.7 Å². The first-order valence-electron chi connectivity index (χ1n) is 10.5. The number of nitrogens with one attached hydrogen (secondary N) is 2. The van der Waals surface area contributed by atoms with Gasteiger partial charge in [-0.05, 0) is 43.2 Å². The van der Waals surface area contributed by atoms with Gasteiger partial charge in [0.1, 0.15) is 5.82 Å². The summed E-state index contributed by atoms with van der Waals surface area (Å²) in [5.74, 6) is -2.76. The zero-order valence-corrected chi connectivity index (χ0v) is 19.7. The van der Waals surface area contributed by atoms with Crippen LogP contribution in [0.1, 0.15) is 46.5 Å². The predicted octanol–water partition coefficient (Wildman–Crippen LogP) is 4.23. The molecule has 0 aliphatic heterocycles. The van der Waals surface area contributed by atoms with Gasteiger partial charge < -0.3 is 10.4 Å². The fourth-order valence-electron chi connectivity index (χ4n) is 3.77. The topological polar surface area (TPSA) is 155 Å². The fourth-order valence-corrected chi connectivity index (χ4v) is 6.42. The van der Waals surface area contributed by atoms with Crippen LogP contribution in [0.25, 0.3) is 0 Å². The lowest BCUT2D eigenvalue weighted by Gasteiger charge is -2.14. The lowest BCUT2D eigenvalue weighted by atomic mass is 9.95. The third kappa shape index (κ3) is 5.20. The van der Waals surface area contributed by atoms with Crippen molar-refractivity contribution in [2.45, 2.75) is 34.9 Å². The van der Waals surface area contributed by atoms with Crippen molar-refractivity contribution >= 4 is 49.8 Å². The molecule has 1 fully saturated rings. The van der Waals surface area contributed by atoms with Crippen LogP contribution in [-0.4, -0.2) is 41.3 Å². The molecule has 0 bridgehead atoms. The van der Waals surface area contributed by atoms with Gasteiger partial charge in [0.25, 0.3) is 0 Å². The maximum absolute atomic E-state index is 13.8. The Morgan fingerprint density at radius 1 is 1.09 bits per heavy atom. The summed E-state index contributed by atoms with van der Waals surface area (Å²) in [6.07, 6.45) is 4.41. The highest BCUT2D eigenvalue weighted by molar-refractivity contribution is 7.93. The smallest absolute Gasteiger partial charge is 0.356 e. The van der Waals surface area contributed by atoms with E-state index in [2.05, 4.69) is 20.6 Å². The number of carboxylic acids is 1. The largest absolute Gasteiger partial charge is 0.476 e. The molecule has 0 radical (unpaired) electrons. The molecule has 35 heavy (non-hydrogen) atoms. The van der Waals surface area contributed by atoms with Crippen LogP contribution in [0.15, 0.2) is 51.8 Å². The van der Waals surface area contributed by atoms with Gasteiger partial charge in [0.2, 0.25) is 9.84 Å². The minimum absolute atomic E-state index is 0.0239. The lowest BCUT2D eigenvalue weighted by molar-refractivity contribution is 0.0687. The van der Waals surface area contributed by atoms with Gasteiger partial charge in [0, 0.05) is 17.7 Å². The molecule has 1 aliphatic carbocycles. The van der Waals surface area contributed by atoms with E-state index in [1.807, 2.05) is 0 Å². The zero-order valence-electron chi connectivity index (χ0n) is 18.0. The van der Waals surface area contributed by atoms with Crippen molar-refractivity contribution < 1.29 is 32.3 Å². The summed E-state index contributed by atoms with van der Waals surface area (Å²) in [5, 5.41) is 13.5. The molecule has 0 unspecified atom stereocenters. The van der Waals surface area contributed by atoms with E-state index in [-0.39, 0.29) is 33.1 Å². The molecule has 2 amide bonds. The minimum Gasteiger partial charge on any atom is -0.476 e. The van der Waals surface area contributed by atoms with Crippen LogP contribution in [0.4, 0.5) is 20.0 Å². The zero-order chi connectivity index (χ0) is 25.2. The number of ketones is 1. The minimum atomic E-state index is -4.31. The first-order chi connectivity index (χ1) is 16.7. The van der Waals surface area contributed by atoms with Crippen LogP contribution < -0.4 is 10.6 Å². The molecular weight excluding hydrogens is 499 g/mol. The number of carbonyl (C=O) groups excluding carboxylic acids is 2. The highest BCUT2D eigenvalue weighted by atomic mass is 32.2. The number of Topliss-reactive ketones (excluding diaryl/α,β-unsaturated/α-hetero) is 1. The molecule has 1 aromatic carbocycles. The number of rotatable bonds is 7. The summed E-state index contributed by atoms with van der Waals surface area (Å²) in [5.41, 5.74) is -0.678. The number of amides is 2. The number of carboxylic acid groups (broad SMARTS) is 1. The number of aromatic carboxylic acids is 1. The van der Waals surface area contributed by atoms with Gasteiger partial charge in [-0.2, -0.15) is 0 Å². The van der Waals surface area contributed by atoms with E-state index in [9.17, 15) is 32.3 Å². The van der Waals surface area contributed by atoms with Crippen molar-refractivity contribution in [1.82, 2.24) is 9.97 Å². The van der Waals surface area contributed by atoms with E-state index in [4.69, 9.17) is 0 Å². The van der Waals surface area contributed by atoms with Crippen LogP contribution in [0.2, 0.25) is 0 Å². The Hall–Kier alpha value is -3.71. The summed E-state index contributed by atoms with van der Waals surface area (Å²) in [6.45, 7) is 0. The second kappa shape index (κ2) is 9.88. The highest BCUT2D eigenvalue weighted by Gasteiger charge is 2.31. The summed E-state index contributed by atoms with van der Waals surface area (Å²) in [6, 6.07) is 6.62. The van der Waals surface area contributed by atoms with Gasteiger partial charge in [-0.15, -0.1) is 0 Å². The SMILES string of the molecule is O=C(Nc1nc(C(=O)O)c(S(=O)(=O)c2ccccn2)s1)Nc1ccc(F)cc1C(=O)C1CCCC1. The Bertz CT molecular complexity index is 1400. The van der Waals surface area contributed by atoms with Gasteiger partial charge in [0.05, 0.1) is 5.69 Å². The summed E-state index contributed by atoms with van der Waals surface area (Å²) in [7, 11) is -4.31. The van der Waals surface area contributed by atoms with Crippen molar-refractivity contribution in [2.75, 3.05) is 10.6 Å². The average Bonchev–Trinajstić information content (AvgIpc) is 3.51. The van der Waals surface area contributed by atoms with Crippen molar-refractivity contribution in [3.8, 4) is 0 Å². The normalized spacial score (nSPS) is 14.0. The maximum atomic E-state index is 13.8. The highest BCUT2D eigenvalue weighted by Crippen LogP contribution is 2.33. The van der Waals surface area contributed by atoms with Gasteiger partial charge in [0.15, 0.2) is 25.8 Å². The second-order valence-electron chi connectivity index (χ2n) is 7.75. The summed E-state index contributed by atoms with van der Waals surface area (Å²) in [4.78, 5) is 44.6. The maximum Gasteiger partial charge on any atom is 0.356 e. The van der Waals surface area contributed by atoms with Crippen molar-refractivity contribution in [3.05, 3.63) is 59.7 Å². The number of hydrogen-bond acceptors (Lipinski definition) is 8. The molecule has 182 valence electrons. The number of aromatic nitrogens is 2. The summed E-state index contributed by atoms with van der Waals surface area (Å²) < 4.78 is 39.0. The first-order valence-corrected chi connectivity index (χ1v) is 12.8. The van der Waals surface area contributed by atoms with E-state index in [1.165, 1.54) is 30.5 Å². The Morgan fingerprint density at radius 2 is 1.83 bits per heavy atom. The predicted molar refractivity (Wildman–Crippen MR) is 124 cm³/mol. The molecule has 0 saturated heterocycles. The molecule has 3 aromatic rings. The molecule has 2 heterocycles. The molecular formula is C22H19FN4O6S2. The molecule has 1 saturated carbocycles. The third-order valence-corrected chi connectivity index (χ3v) is 8.54. The monoisotopic (exact) mass is 518 g/mol. The summed E-state index contributed by atoms with van der Waals surface area (Å²) >= 11 is 0.443. The average molecular weight is 519 g/mol. The van der Waals surface area contributed by atoms with E-state index >= 15 is 0 Å². The molecule has 0 spiro atoms. The Morgan fingerprint density at radius 3 is 2.49 bits per heavy atom. The van der Waals surface area contributed by atoms with Gasteiger partial charge in [-0.1, -0.05) is 30.2 Å². The van der Waals surface area contributed by atoms with E-state index < -0.39 is 37.6 Å². The number of anilines is 2. The molecule has 1 aliphatic rings. The van der Waals surface area contributed by atoms with Crippen molar-refractivity contribution in [3.63, 3.8) is 0 Å². The number of sulfone groups is 1. The van der Waals surface area contributed by atoms with Crippen LogP contribution in [0.3, 0.4) is 0 Å². The van der Waals surface area contributed by atoms with Crippen molar-refractivity contribution in [2.24, 2.45) is 5.92 Å². The number of carbonyl (C=O) groups is 3. The van der Waals surface area contributed by atoms with Crippen molar-refractivity contribution in [1.29, 1.82) is 0 Å². The number of halogens is 1. The van der Waals surface area contributed by atoms with E-state index in [0.717, 1.165) is 25.0 Å². The fraction of sp³-hybridized carbons (Fsp3) is 0.227. The van der Waals surface area contributed by atoms with Crippen LogP contribution in [-0.2, 0) is 9.84 Å².